The molecule has 0 saturated carbocycles. The van der Waals surface area contributed by atoms with Crippen LogP contribution in [-0.4, -0.2) is 29.5 Å². The van der Waals surface area contributed by atoms with E-state index < -0.39 is 17.5 Å². The smallest absolute Gasteiger partial charge is 0.241 e. The van der Waals surface area contributed by atoms with E-state index in [0.29, 0.717) is 23.4 Å². The molecule has 1 saturated heterocycles. The highest BCUT2D eigenvalue weighted by Gasteiger charge is 2.21. The number of ether oxygens (including phenoxy) is 1. The van der Waals surface area contributed by atoms with Crippen LogP contribution in [0, 0.1) is 23.4 Å². The van der Waals surface area contributed by atoms with E-state index in [1.54, 1.807) is 0 Å². The number of piperidine rings is 1. The Labute approximate surface area is 160 Å². The van der Waals surface area contributed by atoms with Crippen LogP contribution in [0.15, 0.2) is 36.4 Å². The minimum Gasteiger partial charge on any atom is -0.476 e. The second-order valence-corrected chi connectivity index (χ2v) is 6.47. The summed E-state index contributed by atoms with van der Waals surface area (Å²) in [5.74, 6) is -1.46. The molecule has 1 aliphatic rings. The first-order valence-corrected chi connectivity index (χ1v) is 8.59. The summed E-state index contributed by atoms with van der Waals surface area (Å²) >= 11 is 0. The summed E-state index contributed by atoms with van der Waals surface area (Å²) in [6, 6.07) is 7.54. The summed E-state index contributed by atoms with van der Waals surface area (Å²) < 4.78 is 49.1. The van der Waals surface area contributed by atoms with Crippen molar-refractivity contribution in [3.63, 3.8) is 0 Å². The SMILES string of the molecule is Cl.Fc1ccc2c(c1)c(OC[C@H]1CCCNC1)nn2-c1c(F)cccc1F. The molecule has 0 unspecified atom stereocenters. The number of nitrogens with zero attached hydrogens (tertiary/aromatic N) is 2. The number of rotatable bonds is 4. The van der Waals surface area contributed by atoms with Gasteiger partial charge in [0.25, 0.3) is 0 Å². The number of halogens is 4. The molecule has 0 aliphatic carbocycles. The molecule has 2 heterocycles. The molecule has 4 rings (SSSR count). The van der Waals surface area contributed by atoms with Crippen molar-refractivity contribution >= 4 is 23.3 Å². The van der Waals surface area contributed by atoms with E-state index >= 15 is 0 Å². The van der Waals surface area contributed by atoms with Gasteiger partial charge in [-0.25, -0.2) is 17.9 Å². The molecule has 27 heavy (non-hydrogen) atoms. The molecule has 0 bridgehead atoms. The minimum absolute atomic E-state index is 0. The van der Waals surface area contributed by atoms with Crippen LogP contribution in [0.25, 0.3) is 16.6 Å². The maximum absolute atomic E-state index is 14.2. The molecule has 1 aromatic heterocycles. The summed E-state index contributed by atoms with van der Waals surface area (Å²) in [6.45, 7) is 2.25. The largest absolute Gasteiger partial charge is 0.476 e. The van der Waals surface area contributed by atoms with Crippen molar-refractivity contribution in [2.45, 2.75) is 12.8 Å². The number of hydrogen-bond acceptors (Lipinski definition) is 3. The van der Waals surface area contributed by atoms with E-state index in [4.69, 9.17) is 4.74 Å². The van der Waals surface area contributed by atoms with Gasteiger partial charge in [-0.3, -0.25) is 0 Å². The van der Waals surface area contributed by atoms with Crippen LogP contribution in [0.1, 0.15) is 12.8 Å². The zero-order valence-electron chi connectivity index (χ0n) is 14.4. The number of aromatic nitrogens is 2. The van der Waals surface area contributed by atoms with Crippen LogP contribution in [0.4, 0.5) is 13.2 Å². The molecule has 0 radical (unpaired) electrons. The van der Waals surface area contributed by atoms with Gasteiger partial charge in [0.05, 0.1) is 17.5 Å². The molecule has 2 aromatic carbocycles. The van der Waals surface area contributed by atoms with Crippen LogP contribution in [0.3, 0.4) is 0 Å². The Kier molecular flexibility index (Phi) is 5.92. The van der Waals surface area contributed by atoms with Crippen molar-refractivity contribution in [1.82, 2.24) is 15.1 Å². The Morgan fingerprint density at radius 2 is 1.93 bits per heavy atom. The normalized spacial score (nSPS) is 16.9. The lowest BCUT2D eigenvalue weighted by atomic mass is 10.0. The van der Waals surface area contributed by atoms with Gasteiger partial charge < -0.3 is 10.1 Å². The lowest BCUT2D eigenvalue weighted by molar-refractivity contribution is 0.213. The predicted octanol–water partition coefficient (Wildman–Crippen LogP) is 4.24. The van der Waals surface area contributed by atoms with Gasteiger partial charge in [-0.1, -0.05) is 6.07 Å². The summed E-state index contributed by atoms with van der Waals surface area (Å²) in [5.41, 5.74) is 0.0745. The Bertz CT molecular complexity index is 921. The lowest BCUT2D eigenvalue weighted by Crippen LogP contribution is -2.33. The van der Waals surface area contributed by atoms with Gasteiger partial charge in [-0.05, 0) is 49.7 Å². The zero-order chi connectivity index (χ0) is 18.1. The summed E-state index contributed by atoms with van der Waals surface area (Å²) in [5, 5.41) is 7.92. The van der Waals surface area contributed by atoms with Crippen LogP contribution in [-0.2, 0) is 0 Å². The quantitative estimate of drug-likeness (QED) is 0.715. The highest BCUT2D eigenvalue weighted by atomic mass is 35.5. The number of para-hydroxylation sites is 1. The van der Waals surface area contributed by atoms with Crippen LogP contribution >= 0.6 is 12.4 Å². The topological polar surface area (TPSA) is 39.1 Å². The minimum atomic E-state index is -0.748. The van der Waals surface area contributed by atoms with Crippen molar-refractivity contribution in [3.05, 3.63) is 53.8 Å². The van der Waals surface area contributed by atoms with Crippen molar-refractivity contribution in [3.8, 4) is 11.6 Å². The number of fused-ring (bicyclic) bond motifs is 1. The van der Waals surface area contributed by atoms with Crippen LogP contribution < -0.4 is 10.1 Å². The molecule has 0 spiro atoms. The molecule has 4 nitrogen and oxygen atoms in total. The van der Waals surface area contributed by atoms with Gasteiger partial charge >= 0.3 is 0 Å². The molecule has 3 aromatic rings. The maximum Gasteiger partial charge on any atom is 0.241 e. The zero-order valence-corrected chi connectivity index (χ0v) is 15.2. The number of benzene rings is 2. The Hall–Kier alpha value is -2.25. The van der Waals surface area contributed by atoms with Gasteiger partial charge in [-0.2, -0.15) is 0 Å². The lowest BCUT2D eigenvalue weighted by Gasteiger charge is -2.22. The highest BCUT2D eigenvalue weighted by Crippen LogP contribution is 2.30. The van der Waals surface area contributed by atoms with Crippen LogP contribution in [0.2, 0.25) is 0 Å². The van der Waals surface area contributed by atoms with E-state index in [0.717, 1.165) is 42.7 Å². The highest BCUT2D eigenvalue weighted by molar-refractivity contribution is 5.86. The predicted molar refractivity (Wildman–Crippen MR) is 99.3 cm³/mol. The fourth-order valence-corrected chi connectivity index (χ4v) is 3.29. The Balaban J connectivity index is 0.00000210. The monoisotopic (exact) mass is 397 g/mol. The summed E-state index contributed by atoms with van der Waals surface area (Å²) in [6.07, 6.45) is 2.10. The molecular weight excluding hydrogens is 379 g/mol. The first-order valence-electron chi connectivity index (χ1n) is 8.59. The third kappa shape index (κ3) is 3.89. The molecular formula is C19H19ClF3N3O. The fraction of sp³-hybridized carbons (Fsp3) is 0.316. The van der Waals surface area contributed by atoms with Gasteiger partial charge in [0, 0.05) is 12.5 Å². The maximum atomic E-state index is 14.2. The second-order valence-electron chi connectivity index (χ2n) is 6.47. The van der Waals surface area contributed by atoms with E-state index in [1.165, 1.54) is 24.3 Å². The molecule has 1 atom stereocenters. The summed E-state index contributed by atoms with van der Waals surface area (Å²) in [4.78, 5) is 0. The van der Waals surface area contributed by atoms with E-state index in [2.05, 4.69) is 10.4 Å². The van der Waals surface area contributed by atoms with Gasteiger partial charge in [0.15, 0.2) is 11.6 Å². The molecule has 1 N–H and O–H groups in total. The Morgan fingerprint density at radius 3 is 2.63 bits per heavy atom. The average molecular weight is 398 g/mol. The van der Waals surface area contributed by atoms with Gasteiger partial charge in [0.1, 0.15) is 11.5 Å². The second kappa shape index (κ2) is 8.19. The molecule has 0 amide bonds. The summed E-state index contributed by atoms with van der Waals surface area (Å²) in [7, 11) is 0. The third-order valence-electron chi connectivity index (χ3n) is 4.61. The average Bonchev–Trinajstić information content (AvgIpc) is 2.98. The van der Waals surface area contributed by atoms with E-state index in [1.807, 2.05) is 0 Å². The van der Waals surface area contributed by atoms with Crippen molar-refractivity contribution in [2.24, 2.45) is 5.92 Å². The number of hydrogen-bond donors (Lipinski definition) is 1. The number of nitrogens with one attached hydrogen (secondary N) is 1. The molecule has 1 fully saturated rings. The Morgan fingerprint density at radius 1 is 1.15 bits per heavy atom. The first-order chi connectivity index (χ1) is 12.6. The molecule has 8 heteroatoms. The molecule has 144 valence electrons. The van der Waals surface area contributed by atoms with Gasteiger partial charge in [0.2, 0.25) is 5.88 Å². The standard InChI is InChI=1S/C19H18F3N3O.ClH/c20-13-6-7-17-14(9-13)19(26-11-12-3-2-8-23-10-12)24-25(17)18-15(21)4-1-5-16(18)22;/h1,4-7,9,12,23H,2-3,8,10-11H2;1H/t12-;/m0./s1. The van der Waals surface area contributed by atoms with Crippen molar-refractivity contribution < 1.29 is 17.9 Å². The third-order valence-corrected chi connectivity index (χ3v) is 4.61. The van der Waals surface area contributed by atoms with Crippen molar-refractivity contribution in [2.75, 3.05) is 19.7 Å². The van der Waals surface area contributed by atoms with Crippen molar-refractivity contribution in [1.29, 1.82) is 0 Å². The fourth-order valence-electron chi connectivity index (χ4n) is 3.29. The molecule has 1 aliphatic heterocycles. The van der Waals surface area contributed by atoms with E-state index in [9.17, 15) is 13.2 Å². The van der Waals surface area contributed by atoms with Crippen LogP contribution in [0.5, 0.6) is 5.88 Å². The van der Waals surface area contributed by atoms with Gasteiger partial charge in [-0.15, -0.1) is 17.5 Å². The first kappa shape index (κ1) is 19.5. The van der Waals surface area contributed by atoms with E-state index in [-0.39, 0.29) is 24.0 Å².